The third kappa shape index (κ3) is 5.36. The summed E-state index contributed by atoms with van der Waals surface area (Å²) in [6, 6.07) is 13.1. The zero-order valence-corrected chi connectivity index (χ0v) is 12.7. The highest BCUT2D eigenvalue weighted by molar-refractivity contribution is 5.34. The summed E-state index contributed by atoms with van der Waals surface area (Å²) in [5.41, 5.74) is 1.78. The molecule has 0 saturated carbocycles. The zero-order valence-electron chi connectivity index (χ0n) is 12.7. The minimum absolute atomic E-state index is 0.109. The summed E-state index contributed by atoms with van der Waals surface area (Å²) in [5.74, 6) is 0.172. The average molecular weight is 316 g/mol. The molecule has 6 heteroatoms. The van der Waals surface area contributed by atoms with Crippen molar-refractivity contribution in [2.24, 2.45) is 0 Å². The Morgan fingerprint density at radius 3 is 2.61 bits per heavy atom. The van der Waals surface area contributed by atoms with Crippen molar-refractivity contribution in [1.29, 1.82) is 0 Å². The molecule has 0 aromatic heterocycles. The van der Waals surface area contributed by atoms with Crippen LogP contribution in [0.4, 0.5) is 5.69 Å². The number of nitrogens with one attached hydrogen (secondary N) is 1. The van der Waals surface area contributed by atoms with E-state index in [1.807, 2.05) is 6.07 Å². The Hall–Kier alpha value is -2.44. The smallest absolute Gasteiger partial charge is 0.269 e. The highest BCUT2D eigenvalue weighted by Gasteiger charge is 2.07. The Labute approximate surface area is 134 Å². The summed E-state index contributed by atoms with van der Waals surface area (Å²) in [6.45, 7) is 1.12. The molecule has 0 aliphatic carbocycles. The molecule has 0 aliphatic rings. The Balaban J connectivity index is 1.70. The van der Waals surface area contributed by atoms with E-state index in [1.165, 1.54) is 6.07 Å². The van der Waals surface area contributed by atoms with E-state index in [0.29, 0.717) is 13.1 Å². The number of phenolic OH excluding ortho intramolecular Hbond substituents is 1. The molecule has 0 amide bonds. The van der Waals surface area contributed by atoms with Gasteiger partial charge >= 0.3 is 0 Å². The number of nitrogens with zero attached hydrogens (tertiary/aromatic N) is 1. The summed E-state index contributed by atoms with van der Waals surface area (Å²) in [7, 11) is 0. The van der Waals surface area contributed by atoms with Crippen LogP contribution in [0.5, 0.6) is 5.75 Å². The van der Waals surface area contributed by atoms with Gasteiger partial charge in [-0.2, -0.15) is 0 Å². The van der Waals surface area contributed by atoms with Gasteiger partial charge in [-0.15, -0.1) is 0 Å². The third-order valence-corrected chi connectivity index (χ3v) is 3.56. The summed E-state index contributed by atoms with van der Waals surface area (Å²) >= 11 is 0. The van der Waals surface area contributed by atoms with Gasteiger partial charge in [-0.3, -0.25) is 10.1 Å². The van der Waals surface area contributed by atoms with Gasteiger partial charge in [0.1, 0.15) is 5.75 Å². The number of nitro groups is 1. The summed E-state index contributed by atoms with van der Waals surface area (Å²) in [6.07, 6.45) is 0.932. The molecule has 6 nitrogen and oxygen atoms in total. The molecule has 3 N–H and O–H groups in total. The van der Waals surface area contributed by atoms with Crippen LogP contribution >= 0.6 is 0 Å². The normalized spacial score (nSPS) is 12.0. The summed E-state index contributed by atoms with van der Waals surface area (Å²) in [5, 5.41) is 33.1. The second-order valence-corrected chi connectivity index (χ2v) is 5.34. The molecule has 2 aromatic rings. The van der Waals surface area contributed by atoms with Crippen molar-refractivity contribution in [1.82, 2.24) is 5.32 Å². The van der Waals surface area contributed by atoms with Crippen molar-refractivity contribution >= 4 is 5.69 Å². The lowest BCUT2D eigenvalue weighted by atomic mass is 10.1. The van der Waals surface area contributed by atoms with Gasteiger partial charge in [0.2, 0.25) is 0 Å². The molecule has 2 aromatic carbocycles. The van der Waals surface area contributed by atoms with Crippen LogP contribution in [0.25, 0.3) is 0 Å². The fourth-order valence-electron chi connectivity index (χ4n) is 2.30. The van der Waals surface area contributed by atoms with Crippen molar-refractivity contribution < 1.29 is 15.1 Å². The Kier molecular flexibility index (Phi) is 6.08. The third-order valence-electron chi connectivity index (χ3n) is 3.56. The summed E-state index contributed by atoms with van der Waals surface area (Å²) < 4.78 is 0. The number of benzene rings is 2. The quantitative estimate of drug-likeness (QED) is 0.395. The number of aryl methyl sites for hydroxylation is 1. The van der Waals surface area contributed by atoms with Crippen molar-refractivity contribution in [2.75, 3.05) is 13.1 Å². The van der Waals surface area contributed by atoms with Gasteiger partial charge < -0.3 is 15.5 Å². The van der Waals surface area contributed by atoms with Crippen LogP contribution in [0.3, 0.4) is 0 Å². The van der Waals surface area contributed by atoms with Gasteiger partial charge in [-0.1, -0.05) is 24.3 Å². The summed E-state index contributed by atoms with van der Waals surface area (Å²) in [4.78, 5) is 10.3. The van der Waals surface area contributed by atoms with Crippen molar-refractivity contribution in [3.63, 3.8) is 0 Å². The second-order valence-electron chi connectivity index (χ2n) is 5.34. The van der Waals surface area contributed by atoms with Gasteiger partial charge in [-0.25, -0.2) is 0 Å². The molecular formula is C17H20N2O4. The maximum atomic E-state index is 10.7. The molecule has 0 radical (unpaired) electrons. The van der Waals surface area contributed by atoms with E-state index in [0.717, 1.165) is 24.0 Å². The molecule has 0 fully saturated rings. The number of aliphatic hydroxyl groups is 1. The molecule has 1 unspecified atom stereocenters. The second kappa shape index (κ2) is 8.26. The first kappa shape index (κ1) is 16.9. The minimum atomic E-state index is -0.631. The fourth-order valence-corrected chi connectivity index (χ4v) is 2.30. The molecule has 0 bridgehead atoms. The Morgan fingerprint density at radius 2 is 1.91 bits per heavy atom. The molecule has 2 rings (SSSR count). The molecule has 0 aliphatic heterocycles. The Bertz CT molecular complexity index is 643. The minimum Gasteiger partial charge on any atom is -0.508 e. The SMILES string of the molecule is O=[N+]([O-])c1cccc(CCCNCC(O)c2ccc(O)cc2)c1. The number of hydrogen-bond donors (Lipinski definition) is 3. The number of nitro benzene ring substituents is 1. The van der Waals surface area contributed by atoms with E-state index in [1.54, 1.807) is 36.4 Å². The molecule has 122 valence electrons. The predicted octanol–water partition coefficient (Wildman–Crippen LogP) is 2.56. The molecule has 1 atom stereocenters. The van der Waals surface area contributed by atoms with Crippen LogP contribution in [0.15, 0.2) is 48.5 Å². The number of non-ortho nitro benzene ring substituents is 1. The topological polar surface area (TPSA) is 95.6 Å². The largest absolute Gasteiger partial charge is 0.508 e. The molecular weight excluding hydrogens is 296 g/mol. The molecule has 23 heavy (non-hydrogen) atoms. The first-order chi connectivity index (χ1) is 11.1. The number of hydrogen-bond acceptors (Lipinski definition) is 5. The van der Waals surface area contributed by atoms with E-state index in [-0.39, 0.29) is 11.4 Å². The van der Waals surface area contributed by atoms with Gasteiger partial charge in [0.05, 0.1) is 11.0 Å². The van der Waals surface area contributed by atoms with Crippen LogP contribution in [-0.2, 0) is 6.42 Å². The fraction of sp³-hybridized carbons (Fsp3) is 0.294. The maximum Gasteiger partial charge on any atom is 0.269 e. The van der Waals surface area contributed by atoms with Crippen LogP contribution in [0.2, 0.25) is 0 Å². The van der Waals surface area contributed by atoms with Gasteiger partial charge in [0.15, 0.2) is 0 Å². The predicted molar refractivity (Wildman–Crippen MR) is 87.4 cm³/mol. The van der Waals surface area contributed by atoms with Crippen LogP contribution in [-0.4, -0.2) is 28.2 Å². The monoisotopic (exact) mass is 316 g/mol. The average Bonchev–Trinajstić information content (AvgIpc) is 2.55. The van der Waals surface area contributed by atoms with E-state index in [9.17, 15) is 20.3 Å². The lowest BCUT2D eigenvalue weighted by Gasteiger charge is -2.12. The molecule has 0 heterocycles. The Morgan fingerprint density at radius 1 is 1.17 bits per heavy atom. The van der Waals surface area contributed by atoms with Gasteiger partial charge in [0.25, 0.3) is 5.69 Å². The lowest BCUT2D eigenvalue weighted by Crippen LogP contribution is -2.22. The van der Waals surface area contributed by atoms with Crippen LogP contribution < -0.4 is 5.32 Å². The maximum absolute atomic E-state index is 10.7. The highest BCUT2D eigenvalue weighted by Crippen LogP contribution is 2.16. The van der Waals surface area contributed by atoms with Crippen molar-refractivity contribution in [3.05, 3.63) is 69.8 Å². The van der Waals surface area contributed by atoms with Crippen molar-refractivity contribution in [3.8, 4) is 5.75 Å². The number of rotatable bonds is 8. The van der Waals surface area contributed by atoms with E-state index in [2.05, 4.69) is 5.32 Å². The van der Waals surface area contributed by atoms with Gasteiger partial charge in [-0.05, 0) is 42.6 Å². The van der Waals surface area contributed by atoms with Gasteiger partial charge in [0, 0.05) is 18.7 Å². The van der Waals surface area contributed by atoms with E-state index >= 15 is 0 Å². The zero-order chi connectivity index (χ0) is 16.7. The first-order valence-electron chi connectivity index (χ1n) is 7.47. The highest BCUT2D eigenvalue weighted by atomic mass is 16.6. The van der Waals surface area contributed by atoms with Crippen LogP contribution in [0.1, 0.15) is 23.7 Å². The number of aliphatic hydroxyl groups excluding tert-OH is 1. The van der Waals surface area contributed by atoms with E-state index in [4.69, 9.17) is 0 Å². The number of aromatic hydroxyl groups is 1. The molecule has 0 spiro atoms. The standard InChI is InChI=1S/C17H20N2O4/c20-16-8-6-14(7-9-16)17(21)12-18-10-2-4-13-3-1-5-15(11-13)19(22)23/h1,3,5-9,11,17-18,20-21H,2,4,10,12H2. The lowest BCUT2D eigenvalue weighted by molar-refractivity contribution is -0.384. The van der Waals surface area contributed by atoms with Crippen molar-refractivity contribution in [2.45, 2.75) is 18.9 Å². The van der Waals surface area contributed by atoms with E-state index < -0.39 is 11.0 Å². The first-order valence-corrected chi connectivity index (χ1v) is 7.47. The molecule has 0 saturated heterocycles. The number of phenols is 1. The van der Waals surface area contributed by atoms with Crippen LogP contribution in [0, 0.1) is 10.1 Å².